The van der Waals surface area contributed by atoms with Crippen LogP contribution in [0.4, 0.5) is 10.8 Å². The number of nitrogen functional groups attached to an aromatic ring is 1. The van der Waals surface area contributed by atoms with Crippen molar-refractivity contribution < 1.29 is 14.4 Å². The summed E-state index contributed by atoms with van der Waals surface area (Å²) in [5, 5.41) is 32.9. The molecule has 4 atom stereocenters. The van der Waals surface area contributed by atoms with Crippen molar-refractivity contribution in [3.8, 4) is 23.5 Å². The third-order valence-electron chi connectivity index (χ3n) is 13.1. The van der Waals surface area contributed by atoms with Gasteiger partial charge in [-0.25, -0.2) is 14.6 Å². The van der Waals surface area contributed by atoms with E-state index in [1.54, 1.807) is 11.3 Å². The van der Waals surface area contributed by atoms with Crippen molar-refractivity contribution in [3.05, 3.63) is 27.3 Å². The van der Waals surface area contributed by atoms with Gasteiger partial charge in [0.2, 0.25) is 5.88 Å². The molecular weight excluding hydrogens is 639 g/mol. The first-order chi connectivity index (χ1) is 23.7. The fourth-order valence-electron chi connectivity index (χ4n) is 10.8. The highest BCUT2D eigenvalue weighted by Gasteiger charge is 2.51. The van der Waals surface area contributed by atoms with Crippen molar-refractivity contribution in [1.29, 1.82) is 5.26 Å². The molecule has 3 N–H and O–H groups in total. The predicted molar refractivity (Wildman–Crippen MR) is 185 cm³/mol. The fraction of sp³-hybridized carbons (Fsp3) is 0.639. The lowest BCUT2D eigenvalue weighted by atomic mass is 9.63. The number of aliphatic hydroxyl groups is 1. The van der Waals surface area contributed by atoms with Gasteiger partial charge in [0.25, 0.3) is 0 Å². The zero-order valence-corrected chi connectivity index (χ0v) is 29.1. The van der Waals surface area contributed by atoms with E-state index in [1.165, 1.54) is 17.7 Å². The predicted octanol–water partition coefficient (Wildman–Crippen LogP) is 5.26. The normalized spacial score (nSPS) is 29.2. The van der Waals surface area contributed by atoms with Gasteiger partial charge in [0, 0.05) is 22.5 Å². The minimum Gasteiger partial charge on any atom is -0.474 e. The molecule has 3 fully saturated rings. The van der Waals surface area contributed by atoms with Crippen LogP contribution in [0.25, 0.3) is 22.6 Å². The third-order valence-corrected chi connectivity index (χ3v) is 14.2. The van der Waals surface area contributed by atoms with Gasteiger partial charge in [0.15, 0.2) is 22.9 Å². The lowest BCUT2D eigenvalue weighted by molar-refractivity contribution is 0.0321. The van der Waals surface area contributed by atoms with Crippen molar-refractivity contribution in [2.45, 2.75) is 120 Å². The summed E-state index contributed by atoms with van der Waals surface area (Å²) < 4.78 is 15.0. The number of thiophene rings is 1. The molecule has 0 amide bonds. The maximum Gasteiger partial charge on any atom is 0.246 e. The van der Waals surface area contributed by atoms with Crippen LogP contribution in [0, 0.1) is 11.3 Å². The second-order valence-electron chi connectivity index (χ2n) is 15.8. The Morgan fingerprint density at radius 3 is 2.67 bits per heavy atom. The number of fused-ring (bicyclic) bond motifs is 7. The lowest BCUT2D eigenvalue weighted by Gasteiger charge is -2.42. The number of piperidine rings is 1. The minimum absolute atomic E-state index is 0.0436. The Labute approximate surface area is 289 Å². The summed E-state index contributed by atoms with van der Waals surface area (Å²) in [4.78, 5) is 16.7. The number of nitrogens with two attached hydrogens (primary N) is 1. The molecule has 10 rings (SSSR count). The van der Waals surface area contributed by atoms with Gasteiger partial charge < -0.3 is 25.0 Å². The van der Waals surface area contributed by atoms with Crippen molar-refractivity contribution in [2.75, 3.05) is 36.9 Å². The van der Waals surface area contributed by atoms with E-state index in [0.29, 0.717) is 47.5 Å². The zero-order chi connectivity index (χ0) is 33.3. The fourth-order valence-corrected chi connectivity index (χ4v) is 11.9. The van der Waals surface area contributed by atoms with Gasteiger partial charge in [0.05, 0.1) is 28.7 Å². The van der Waals surface area contributed by atoms with Crippen LogP contribution in [0.1, 0.15) is 111 Å². The van der Waals surface area contributed by atoms with Crippen LogP contribution in [0.15, 0.2) is 4.52 Å². The zero-order valence-electron chi connectivity index (χ0n) is 28.3. The number of hydrogen-bond acceptors (Lipinski definition) is 12. The molecule has 0 radical (unpaired) electrons. The molecule has 0 saturated carbocycles. The molecule has 0 aromatic carbocycles. The first kappa shape index (κ1) is 30.1. The monoisotopic (exact) mass is 681 g/mol. The topological polar surface area (TPSA) is 155 Å². The first-order valence-corrected chi connectivity index (χ1v) is 19.0. The van der Waals surface area contributed by atoms with Gasteiger partial charge in [-0.1, -0.05) is 5.16 Å². The maximum atomic E-state index is 11.3. The van der Waals surface area contributed by atoms with E-state index in [1.807, 2.05) is 6.92 Å². The third kappa shape index (κ3) is 4.08. The number of nitriles is 1. The Morgan fingerprint density at radius 1 is 1.08 bits per heavy atom. The first-order valence-electron chi connectivity index (χ1n) is 18.2. The van der Waals surface area contributed by atoms with Crippen LogP contribution in [0.3, 0.4) is 0 Å². The van der Waals surface area contributed by atoms with Crippen molar-refractivity contribution in [2.24, 2.45) is 0 Å². The largest absolute Gasteiger partial charge is 0.474 e. The molecule has 4 aliphatic heterocycles. The van der Waals surface area contributed by atoms with E-state index in [4.69, 9.17) is 35.2 Å². The van der Waals surface area contributed by atoms with Gasteiger partial charge in [-0.15, -0.1) is 16.4 Å². The van der Waals surface area contributed by atoms with E-state index >= 15 is 0 Å². The molecule has 3 saturated heterocycles. The van der Waals surface area contributed by atoms with E-state index in [0.717, 1.165) is 105 Å². The van der Waals surface area contributed by atoms with Gasteiger partial charge in [0.1, 0.15) is 28.9 Å². The average Bonchev–Trinajstić information content (AvgIpc) is 3.89. The standard InChI is InChI=1S/C36H43N9O3S/c1-20(36-12-5-15-43(36)16-6-13-36)45-32-25-31(44-19-34(2,46)14-9-21(44)18-47-33(25)41-45)39-30(40-32)27-22-7-3-10-35(28(22)48-42-27)11-4-8-24-26(35)23(17-37)29(38)49-24/h20-21,46H,3-16,18-19,38H2,1-2H3/t20-,21-,34-,35+/m1/s1. The van der Waals surface area contributed by atoms with Gasteiger partial charge in [-0.2, -0.15) is 5.26 Å². The van der Waals surface area contributed by atoms with E-state index in [-0.39, 0.29) is 17.6 Å². The molecule has 256 valence electrons. The van der Waals surface area contributed by atoms with E-state index in [9.17, 15) is 10.4 Å². The lowest BCUT2D eigenvalue weighted by Crippen LogP contribution is -2.53. The number of aryl methyl sites for hydroxylation is 1. The Bertz CT molecular complexity index is 2040. The molecular formula is C36H43N9O3S. The van der Waals surface area contributed by atoms with Crippen LogP contribution in [0.2, 0.25) is 0 Å². The Hall–Kier alpha value is -3.73. The second-order valence-corrected chi connectivity index (χ2v) is 16.9. The Morgan fingerprint density at radius 2 is 1.88 bits per heavy atom. The highest BCUT2D eigenvalue weighted by atomic mass is 32.1. The molecule has 0 unspecified atom stereocenters. The minimum atomic E-state index is -0.853. The molecule has 0 bridgehead atoms. The smallest absolute Gasteiger partial charge is 0.246 e. The molecule has 12 nitrogen and oxygen atoms in total. The maximum absolute atomic E-state index is 11.3. The SMILES string of the molecule is C[C@@H](n1nc2c3c(nc(-c4noc5c4CCC[C@@]54CCCc5sc(N)c(C#N)c54)nc31)N1C[C@](C)(O)CC[C@@H]1CO2)C12CCCN1CCC2. The van der Waals surface area contributed by atoms with Crippen LogP contribution in [0.5, 0.6) is 5.88 Å². The highest BCUT2D eigenvalue weighted by molar-refractivity contribution is 7.16. The quantitative estimate of drug-likeness (QED) is 0.291. The van der Waals surface area contributed by atoms with Gasteiger partial charge in [-0.05, 0) is 110 Å². The number of anilines is 2. The molecule has 1 spiro atoms. The summed E-state index contributed by atoms with van der Waals surface area (Å²) in [7, 11) is 0. The summed E-state index contributed by atoms with van der Waals surface area (Å²) in [5.41, 5.74) is 9.28. The molecule has 4 aromatic rings. The summed E-state index contributed by atoms with van der Waals surface area (Å²) in [6.07, 6.45) is 11.6. The van der Waals surface area contributed by atoms with Crippen LogP contribution < -0.4 is 15.4 Å². The van der Waals surface area contributed by atoms with E-state index in [2.05, 4.69) is 27.5 Å². The summed E-state index contributed by atoms with van der Waals surface area (Å²) in [6, 6.07) is 2.57. The van der Waals surface area contributed by atoms with Crippen LogP contribution >= 0.6 is 11.3 Å². The molecule has 2 aliphatic carbocycles. The Balaban J connectivity index is 1.18. The van der Waals surface area contributed by atoms with Crippen LogP contribution in [-0.2, 0) is 18.3 Å². The molecule has 6 aliphatic rings. The molecule has 8 heterocycles. The van der Waals surface area contributed by atoms with E-state index < -0.39 is 11.0 Å². The number of aromatic nitrogens is 5. The number of ether oxygens (including phenoxy) is 1. The number of rotatable bonds is 3. The van der Waals surface area contributed by atoms with Crippen molar-refractivity contribution in [1.82, 2.24) is 29.8 Å². The van der Waals surface area contributed by atoms with Gasteiger partial charge >= 0.3 is 0 Å². The Kier molecular flexibility index (Phi) is 6.39. The van der Waals surface area contributed by atoms with Crippen molar-refractivity contribution in [3.63, 3.8) is 0 Å². The molecule has 13 heteroatoms. The van der Waals surface area contributed by atoms with Gasteiger partial charge in [-0.3, -0.25) is 4.90 Å². The molecule has 4 aromatic heterocycles. The number of hydrogen-bond donors (Lipinski definition) is 2. The number of nitrogens with zero attached hydrogens (tertiary/aromatic N) is 8. The average molecular weight is 682 g/mol. The second kappa shape index (κ2) is 10.4. The van der Waals surface area contributed by atoms with Crippen molar-refractivity contribution >= 4 is 33.2 Å². The van der Waals surface area contributed by atoms with Crippen LogP contribution in [-0.4, -0.2) is 78.3 Å². The molecule has 49 heavy (non-hydrogen) atoms. The highest BCUT2D eigenvalue weighted by Crippen LogP contribution is 2.55. The summed E-state index contributed by atoms with van der Waals surface area (Å²) in [6.45, 7) is 7.39. The summed E-state index contributed by atoms with van der Waals surface area (Å²) in [5.74, 6) is 2.69. The summed E-state index contributed by atoms with van der Waals surface area (Å²) >= 11 is 1.55.